The number of aliphatic hydroxyl groups excluding tert-OH is 1. The standard InChI is InChI=1S/C65H56O2/c1-62(2)54-15-11-9-13-46(54)50-25-19-40(33-58(50)62)42-21-27-52-48-23-17-38(31-56(48)64(5,6)60(52)35-42)29-44(66)37-45(67)30-39-18-24-49-53-28-22-43(36-61(53)65(7,8)57(49)32-39)41-20-26-51-47-14-10-12-16-55(47)63(3,4)59(51)34-41/h9-28,31-37,66H,29-30H2,1-8H3. The van der Waals surface area contributed by atoms with E-state index in [0.29, 0.717) is 6.42 Å². The Balaban J connectivity index is 0.749. The molecule has 0 heterocycles. The molecule has 0 unspecified atom stereocenters. The summed E-state index contributed by atoms with van der Waals surface area (Å²) >= 11 is 0. The van der Waals surface area contributed by atoms with Crippen molar-refractivity contribution in [1.29, 1.82) is 0 Å². The van der Waals surface area contributed by atoms with Crippen LogP contribution in [-0.4, -0.2) is 10.9 Å². The summed E-state index contributed by atoms with van der Waals surface area (Å²) in [7, 11) is 0. The number of hydrogen-bond donors (Lipinski definition) is 1. The summed E-state index contributed by atoms with van der Waals surface area (Å²) in [4.78, 5) is 13.6. The minimum absolute atomic E-state index is 0.0517. The average molecular weight is 869 g/mol. The van der Waals surface area contributed by atoms with E-state index in [0.717, 1.165) is 11.1 Å². The average Bonchev–Trinajstić information content (AvgIpc) is 3.88. The van der Waals surface area contributed by atoms with Gasteiger partial charge in [-0.1, -0.05) is 189 Å². The Morgan fingerprint density at radius 3 is 1.01 bits per heavy atom. The molecule has 4 aliphatic rings. The van der Waals surface area contributed by atoms with E-state index in [9.17, 15) is 9.90 Å². The number of benzene rings is 8. The first-order valence-corrected chi connectivity index (χ1v) is 24.0. The van der Waals surface area contributed by atoms with E-state index in [2.05, 4.69) is 213 Å². The van der Waals surface area contributed by atoms with Gasteiger partial charge in [-0.3, -0.25) is 4.79 Å². The van der Waals surface area contributed by atoms with Gasteiger partial charge >= 0.3 is 0 Å². The highest BCUT2D eigenvalue weighted by Crippen LogP contribution is 2.54. The minimum Gasteiger partial charge on any atom is -0.512 e. The van der Waals surface area contributed by atoms with E-state index < -0.39 is 0 Å². The summed E-state index contributed by atoms with van der Waals surface area (Å²) in [6, 6.07) is 58.4. The zero-order chi connectivity index (χ0) is 46.4. The van der Waals surface area contributed by atoms with Crippen LogP contribution in [0.5, 0.6) is 0 Å². The third-order valence-corrected chi connectivity index (χ3v) is 16.4. The molecule has 0 spiro atoms. The summed E-state index contributed by atoms with van der Waals surface area (Å²) in [6.45, 7) is 18.5. The molecule has 0 amide bonds. The molecule has 4 aliphatic carbocycles. The quantitative estimate of drug-likeness (QED) is 0.128. The highest BCUT2D eigenvalue weighted by atomic mass is 16.3. The van der Waals surface area contributed by atoms with Crippen molar-refractivity contribution in [2.24, 2.45) is 0 Å². The normalized spacial score (nSPS) is 16.6. The molecule has 67 heavy (non-hydrogen) atoms. The van der Waals surface area contributed by atoms with Crippen LogP contribution in [-0.2, 0) is 39.3 Å². The third-order valence-electron chi connectivity index (χ3n) is 16.4. The van der Waals surface area contributed by atoms with Crippen LogP contribution in [0.25, 0.3) is 66.8 Å². The van der Waals surface area contributed by atoms with Gasteiger partial charge in [-0.2, -0.15) is 0 Å². The van der Waals surface area contributed by atoms with E-state index in [1.54, 1.807) is 0 Å². The zero-order valence-corrected chi connectivity index (χ0v) is 39.9. The van der Waals surface area contributed by atoms with Crippen molar-refractivity contribution in [3.63, 3.8) is 0 Å². The molecule has 8 aromatic carbocycles. The topological polar surface area (TPSA) is 37.3 Å². The number of allylic oxidation sites excluding steroid dienone is 2. The molecule has 0 atom stereocenters. The van der Waals surface area contributed by atoms with Crippen LogP contribution < -0.4 is 0 Å². The van der Waals surface area contributed by atoms with E-state index in [4.69, 9.17) is 0 Å². The summed E-state index contributed by atoms with van der Waals surface area (Å²) < 4.78 is 0. The molecule has 2 heteroatoms. The lowest BCUT2D eigenvalue weighted by Crippen LogP contribution is -2.16. The molecule has 2 nitrogen and oxygen atoms in total. The molecule has 1 N–H and O–H groups in total. The molecule has 0 aromatic heterocycles. The van der Waals surface area contributed by atoms with Gasteiger partial charge in [0.05, 0.1) is 0 Å². The summed E-state index contributed by atoms with van der Waals surface area (Å²) in [5.41, 5.74) is 27.2. The maximum Gasteiger partial charge on any atom is 0.163 e. The number of hydrogen-bond acceptors (Lipinski definition) is 2. The van der Waals surface area contributed by atoms with Crippen LogP contribution in [0.2, 0.25) is 0 Å². The summed E-state index contributed by atoms with van der Waals surface area (Å²) in [6.07, 6.45) is 1.96. The van der Waals surface area contributed by atoms with Crippen molar-refractivity contribution in [3.8, 4) is 66.8 Å². The fourth-order valence-electron chi connectivity index (χ4n) is 12.6. The van der Waals surface area contributed by atoms with Gasteiger partial charge in [-0.05, 0) is 147 Å². The second-order valence-corrected chi connectivity index (χ2v) is 21.8. The summed E-state index contributed by atoms with van der Waals surface area (Å²) in [5, 5.41) is 11.3. The highest BCUT2D eigenvalue weighted by Gasteiger charge is 2.40. The van der Waals surface area contributed by atoms with Crippen molar-refractivity contribution < 1.29 is 9.90 Å². The van der Waals surface area contributed by atoms with Crippen molar-refractivity contribution in [1.82, 2.24) is 0 Å². The Bertz CT molecular complexity index is 3490. The second kappa shape index (κ2) is 14.2. The molecule has 0 saturated carbocycles. The van der Waals surface area contributed by atoms with Crippen LogP contribution in [0.4, 0.5) is 0 Å². The van der Waals surface area contributed by atoms with Gasteiger partial charge in [0.1, 0.15) is 5.76 Å². The SMILES string of the molecule is CC1(C)c2ccccc2-c2ccc(-c3ccc4c(c3)C(C)(C)c3cc(CC(=O)C=C(O)Cc5ccc6c(c5)C(C)(C)c5cc(-c7ccc8c(c7)C(C)(C)c7ccccc7-8)ccc5-6)ccc3-4)cc21. The third kappa shape index (κ3) is 6.11. The van der Waals surface area contributed by atoms with E-state index >= 15 is 0 Å². The fraction of sp³-hybridized carbons (Fsp3) is 0.215. The maximum absolute atomic E-state index is 13.6. The molecular formula is C65H56O2. The van der Waals surface area contributed by atoms with Gasteiger partial charge in [0.2, 0.25) is 0 Å². The Morgan fingerprint density at radius 2 is 0.642 bits per heavy atom. The number of aliphatic hydroxyl groups is 1. The van der Waals surface area contributed by atoms with Crippen LogP contribution >= 0.6 is 0 Å². The molecule has 328 valence electrons. The smallest absolute Gasteiger partial charge is 0.163 e. The largest absolute Gasteiger partial charge is 0.512 e. The van der Waals surface area contributed by atoms with Crippen LogP contribution in [0.1, 0.15) is 111 Å². The number of carbonyl (C=O) groups excluding carboxylic acids is 1. The van der Waals surface area contributed by atoms with Gasteiger partial charge < -0.3 is 5.11 Å². The molecule has 8 aromatic rings. The van der Waals surface area contributed by atoms with Crippen molar-refractivity contribution in [3.05, 3.63) is 225 Å². The van der Waals surface area contributed by atoms with Gasteiger partial charge in [0, 0.05) is 40.6 Å². The van der Waals surface area contributed by atoms with Gasteiger partial charge in [0.25, 0.3) is 0 Å². The van der Waals surface area contributed by atoms with Gasteiger partial charge in [0.15, 0.2) is 5.78 Å². The lowest BCUT2D eigenvalue weighted by molar-refractivity contribution is -0.114. The van der Waals surface area contributed by atoms with E-state index in [1.807, 2.05) is 0 Å². The lowest BCUT2D eigenvalue weighted by Gasteiger charge is -2.23. The number of ketones is 1. The molecule has 0 aliphatic heterocycles. The van der Waals surface area contributed by atoms with Crippen LogP contribution in [0.15, 0.2) is 170 Å². The first-order chi connectivity index (χ1) is 32.0. The zero-order valence-electron chi connectivity index (χ0n) is 39.9. The molecule has 0 radical (unpaired) electrons. The van der Waals surface area contributed by atoms with Crippen LogP contribution in [0.3, 0.4) is 0 Å². The molecular weight excluding hydrogens is 813 g/mol. The molecule has 12 rings (SSSR count). The van der Waals surface area contributed by atoms with Crippen molar-refractivity contribution in [2.45, 2.75) is 89.9 Å². The lowest BCUT2D eigenvalue weighted by atomic mass is 9.80. The Labute approximate surface area is 395 Å². The van der Waals surface area contributed by atoms with Gasteiger partial charge in [-0.25, -0.2) is 0 Å². The first kappa shape index (κ1) is 41.4. The maximum atomic E-state index is 13.6. The number of rotatable bonds is 7. The Kier molecular flexibility index (Phi) is 8.80. The summed E-state index contributed by atoms with van der Waals surface area (Å²) in [5.74, 6) is -0.0162. The van der Waals surface area contributed by atoms with Crippen LogP contribution in [0, 0.1) is 0 Å². The molecule has 0 bridgehead atoms. The van der Waals surface area contributed by atoms with E-state index in [1.165, 1.54) is 117 Å². The van der Waals surface area contributed by atoms with Crippen molar-refractivity contribution in [2.75, 3.05) is 0 Å². The highest BCUT2D eigenvalue weighted by molar-refractivity contribution is 5.93. The first-order valence-electron chi connectivity index (χ1n) is 24.0. The van der Waals surface area contributed by atoms with Gasteiger partial charge in [-0.15, -0.1) is 0 Å². The number of carbonyl (C=O) groups is 1. The monoisotopic (exact) mass is 868 g/mol. The second-order valence-electron chi connectivity index (χ2n) is 21.8. The van der Waals surface area contributed by atoms with Crippen molar-refractivity contribution >= 4 is 5.78 Å². The Hall–Kier alpha value is -7.03. The van der Waals surface area contributed by atoms with E-state index in [-0.39, 0.29) is 39.6 Å². The molecule has 0 saturated heterocycles. The molecule has 0 fully saturated rings. The fourth-order valence-corrected chi connectivity index (χ4v) is 12.6. The predicted octanol–water partition coefficient (Wildman–Crippen LogP) is 16.0. The predicted molar refractivity (Wildman–Crippen MR) is 277 cm³/mol. The Morgan fingerprint density at radius 1 is 0.358 bits per heavy atom. The number of fused-ring (bicyclic) bond motifs is 12. The minimum atomic E-state index is -0.238.